The summed E-state index contributed by atoms with van der Waals surface area (Å²) in [6.45, 7) is 12.3. The summed E-state index contributed by atoms with van der Waals surface area (Å²) in [7, 11) is 1.92. The van der Waals surface area contributed by atoms with Gasteiger partial charge < -0.3 is 5.73 Å². The molecule has 4 nitrogen and oxygen atoms in total. The predicted molar refractivity (Wildman–Crippen MR) is 87.8 cm³/mol. The highest BCUT2D eigenvalue weighted by molar-refractivity contribution is 5.81. The zero-order valence-electron chi connectivity index (χ0n) is 13.6. The van der Waals surface area contributed by atoms with Crippen LogP contribution >= 0.6 is 0 Å². The van der Waals surface area contributed by atoms with Crippen LogP contribution in [0.5, 0.6) is 0 Å². The molecule has 1 heterocycles. The molecular weight excluding hydrogens is 248 g/mol. The lowest BCUT2D eigenvalue weighted by Gasteiger charge is -2.28. The Hall–Kier alpha value is -1.55. The number of benzene rings is 1. The van der Waals surface area contributed by atoms with Crippen LogP contribution in [0.25, 0.3) is 10.9 Å². The maximum absolute atomic E-state index is 5.60. The van der Waals surface area contributed by atoms with Gasteiger partial charge in [0.2, 0.25) is 0 Å². The second-order valence-electron chi connectivity index (χ2n) is 5.60. The van der Waals surface area contributed by atoms with Crippen LogP contribution in [0, 0.1) is 0 Å². The summed E-state index contributed by atoms with van der Waals surface area (Å²) < 4.78 is 1.83. The molecule has 0 aliphatic rings. The summed E-state index contributed by atoms with van der Waals surface area (Å²) in [5, 5.41) is 5.19. The summed E-state index contributed by atoms with van der Waals surface area (Å²) >= 11 is 0. The summed E-state index contributed by atoms with van der Waals surface area (Å²) in [6, 6.07) is 7.15. The second kappa shape index (κ2) is 7.29. The van der Waals surface area contributed by atoms with Gasteiger partial charge in [-0.2, -0.15) is 5.10 Å². The third-order valence-corrected chi connectivity index (χ3v) is 3.46. The number of nitrogen functional groups attached to an aromatic ring is 1. The van der Waals surface area contributed by atoms with E-state index >= 15 is 0 Å². The molecule has 0 saturated heterocycles. The molecule has 0 radical (unpaired) electrons. The average Bonchev–Trinajstić information content (AvgIpc) is 2.71. The smallest absolute Gasteiger partial charge is 0.0680 e. The average molecular weight is 276 g/mol. The molecule has 2 rings (SSSR count). The number of hydrogen-bond acceptors (Lipinski definition) is 3. The number of fused-ring (bicyclic) bond motifs is 1. The standard InChI is InChI=1S/C8H9N3.C8H19N/c1-11-8-3-2-7(9)4-6(8)5-10-11;1-6-9(7(2)3)8(4)5/h2-5H,9H2,1H3;7-8H,6H2,1-5H3. The first kappa shape index (κ1) is 16.5. The van der Waals surface area contributed by atoms with Gasteiger partial charge in [0.25, 0.3) is 0 Å². The van der Waals surface area contributed by atoms with Crippen LogP contribution in [0.2, 0.25) is 0 Å². The van der Waals surface area contributed by atoms with E-state index in [0.717, 1.165) is 23.1 Å². The van der Waals surface area contributed by atoms with Crippen molar-refractivity contribution in [2.45, 2.75) is 46.7 Å². The third-order valence-electron chi connectivity index (χ3n) is 3.46. The quantitative estimate of drug-likeness (QED) is 0.875. The molecule has 0 saturated carbocycles. The van der Waals surface area contributed by atoms with Gasteiger partial charge in [-0.25, -0.2) is 0 Å². The molecule has 0 aliphatic carbocycles. The molecule has 1 aromatic carbocycles. The van der Waals surface area contributed by atoms with E-state index in [1.165, 1.54) is 0 Å². The zero-order valence-corrected chi connectivity index (χ0v) is 13.6. The van der Waals surface area contributed by atoms with Crippen LogP contribution in [-0.4, -0.2) is 33.3 Å². The van der Waals surface area contributed by atoms with E-state index < -0.39 is 0 Å². The molecule has 2 N–H and O–H groups in total. The van der Waals surface area contributed by atoms with Crippen molar-refractivity contribution in [3.05, 3.63) is 24.4 Å². The van der Waals surface area contributed by atoms with Crippen molar-refractivity contribution in [2.75, 3.05) is 12.3 Å². The molecule has 0 aliphatic heterocycles. The van der Waals surface area contributed by atoms with E-state index in [-0.39, 0.29) is 0 Å². The number of nitrogens with zero attached hydrogens (tertiary/aromatic N) is 3. The third kappa shape index (κ3) is 4.23. The zero-order chi connectivity index (χ0) is 15.3. The first-order valence-electron chi connectivity index (χ1n) is 7.29. The summed E-state index contributed by atoms with van der Waals surface area (Å²) in [5.41, 5.74) is 7.49. The summed E-state index contributed by atoms with van der Waals surface area (Å²) in [4.78, 5) is 2.46. The molecule has 4 heteroatoms. The molecule has 0 bridgehead atoms. The van der Waals surface area contributed by atoms with E-state index in [0.29, 0.717) is 12.1 Å². The minimum Gasteiger partial charge on any atom is -0.399 e. The van der Waals surface area contributed by atoms with Gasteiger partial charge in [-0.1, -0.05) is 6.92 Å². The van der Waals surface area contributed by atoms with E-state index in [4.69, 9.17) is 5.73 Å². The highest BCUT2D eigenvalue weighted by Gasteiger charge is 2.09. The lowest BCUT2D eigenvalue weighted by molar-refractivity contribution is 0.185. The van der Waals surface area contributed by atoms with Crippen LogP contribution in [0.4, 0.5) is 5.69 Å². The number of nitrogens with two attached hydrogens (primary N) is 1. The van der Waals surface area contributed by atoms with Gasteiger partial charge in [-0.15, -0.1) is 0 Å². The van der Waals surface area contributed by atoms with Gasteiger partial charge in [0.1, 0.15) is 0 Å². The number of hydrogen-bond donors (Lipinski definition) is 1. The molecule has 112 valence electrons. The Balaban J connectivity index is 0.000000206. The number of rotatable bonds is 3. The van der Waals surface area contributed by atoms with E-state index in [1.807, 2.05) is 36.1 Å². The van der Waals surface area contributed by atoms with Gasteiger partial charge in [0, 0.05) is 30.2 Å². The van der Waals surface area contributed by atoms with Crippen LogP contribution in [-0.2, 0) is 7.05 Å². The van der Waals surface area contributed by atoms with E-state index in [1.54, 1.807) is 0 Å². The highest BCUT2D eigenvalue weighted by atomic mass is 15.2. The molecule has 0 spiro atoms. The normalized spacial score (nSPS) is 11.2. The van der Waals surface area contributed by atoms with E-state index in [9.17, 15) is 0 Å². The molecule has 20 heavy (non-hydrogen) atoms. The lowest BCUT2D eigenvalue weighted by Crippen LogP contribution is -2.36. The first-order valence-corrected chi connectivity index (χ1v) is 7.29. The minimum absolute atomic E-state index is 0.690. The Labute approximate surface area is 122 Å². The fourth-order valence-electron chi connectivity index (χ4n) is 2.51. The molecule has 2 aromatic rings. The molecule has 0 unspecified atom stereocenters. The Morgan fingerprint density at radius 1 is 1.20 bits per heavy atom. The van der Waals surface area contributed by atoms with E-state index in [2.05, 4.69) is 44.6 Å². The molecule has 0 atom stereocenters. The minimum atomic E-state index is 0.690. The maximum atomic E-state index is 5.60. The summed E-state index contributed by atoms with van der Waals surface area (Å²) in [6.07, 6.45) is 1.81. The van der Waals surface area contributed by atoms with Crippen LogP contribution in [0.3, 0.4) is 0 Å². The number of aromatic nitrogens is 2. The Bertz CT molecular complexity index is 520. The Morgan fingerprint density at radius 3 is 2.25 bits per heavy atom. The maximum Gasteiger partial charge on any atom is 0.0680 e. The highest BCUT2D eigenvalue weighted by Crippen LogP contribution is 2.15. The SMILES string of the molecule is CCN(C(C)C)C(C)C.Cn1ncc2cc(N)ccc21. The Morgan fingerprint density at radius 2 is 1.80 bits per heavy atom. The van der Waals surface area contributed by atoms with Crippen molar-refractivity contribution in [3.8, 4) is 0 Å². The fourth-order valence-corrected chi connectivity index (χ4v) is 2.51. The van der Waals surface area contributed by atoms with Gasteiger partial charge in [0.15, 0.2) is 0 Å². The fraction of sp³-hybridized carbons (Fsp3) is 0.562. The van der Waals surface area contributed by atoms with Crippen molar-refractivity contribution in [2.24, 2.45) is 7.05 Å². The van der Waals surface area contributed by atoms with Crippen molar-refractivity contribution in [3.63, 3.8) is 0 Å². The predicted octanol–water partition coefficient (Wildman–Crippen LogP) is 3.28. The van der Waals surface area contributed by atoms with Crippen LogP contribution < -0.4 is 5.73 Å². The lowest BCUT2D eigenvalue weighted by atomic mass is 10.2. The van der Waals surface area contributed by atoms with Crippen molar-refractivity contribution in [1.82, 2.24) is 14.7 Å². The van der Waals surface area contributed by atoms with Crippen molar-refractivity contribution in [1.29, 1.82) is 0 Å². The molecule has 1 aromatic heterocycles. The van der Waals surface area contributed by atoms with Gasteiger partial charge in [-0.3, -0.25) is 9.58 Å². The molecule has 0 fully saturated rings. The molecular formula is C16H28N4. The van der Waals surface area contributed by atoms with Crippen LogP contribution in [0.1, 0.15) is 34.6 Å². The van der Waals surface area contributed by atoms with Crippen LogP contribution in [0.15, 0.2) is 24.4 Å². The van der Waals surface area contributed by atoms with Crippen molar-refractivity contribution < 1.29 is 0 Å². The number of aryl methyl sites for hydroxylation is 1. The molecule has 0 amide bonds. The van der Waals surface area contributed by atoms with Gasteiger partial charge in [-0.05, 0) is 52.4 Å². The van der Waals surface area contributed by atoms with Gasteiger partial charge in [0.05, 0.1) is 11.7 Å². The van der Waals surface area contributed by atoms with Gasteiger partial charge >= 0.3 is 0 Å². The number of anilines is 1. The topological polar surface area (TPSA) is 47.1 Å². The summed E-state index contributed by atoms with van der Waals surface area (Å²) in [5.74, 6) is 0. The van der Waals surface area contributed by atoms with Crippen molar-refractivity contribution >= 4 is 16.6 Å². The Kier molecular flexibility index (Phi) is 6.02. The largest absolute Gasteiger partial charge is 0.399 e. The first-order chi connectivity index (χ1) is 9.36. The second-order valence-corrected chi connectivity index (χ2v) is 5.60. The monoisotopic (exact) mass is 276 g/mol.